The second-order valence-electron chi connectivity index (χ2n) is 5.99. The molecule has 1 fully saturated rings. The molecule has 0 saturated carbocycles. The van der Waals surface area contributed by atoms with Crippen LogP contribution in [0.4, 0.5) is 5.69 Å². The molecule has 1 aliphatic heterocycles. The fourth-order valence-corrected chi connectivity index (χ4v) is 2.96. The van der Waals surface area contributed by atoms with E-state index in [0.717, 1.165) is 22.4 Å². The average molecular weight is 330 g/mol. The normalized spacial score (nSPS) is 20.5. The van der Waals surface area contributed by atoms with Crippen LogP contribution in [0.5, 0.6) is 0 Å². The van der Waals surface area contributed by atoms with Gasteiger partial charge in [0.25, 0.3) is 0 Å². The van der Waals surface area contributed by atoms with Gasteiger partial charge < -0.3 is 5.32 Å². The van der Waals surface area contributed by atoms with Crippen LogP contribution in [0, 0.1) is 13.8 Å². The van der Waals surface area contributed by atoms with Crippen molar-refractivity contribution in [2.24, 2.45) is 0 Å². The molecule has 2 aromatic carbocycles. The minimum Gasteiger partial charge on any atom is -0.324 e. The number of anilines is 1. The topological polar surface area (TPSA) is 53.2 Å². The number of hydrazine groups is 1. The molecule has 0 radical (unpaired) electrons. The Bertz CT molecular complexity index is 732. The molecule has 0 spiro atoms. The smallest absolute Gasteiger partial charge is 0.242 e. The zero-order valence-electron chi connectivity index (χ0n) is 13.2. The van der Waals surface area contributed by atoms with Gasteiger partial charge in [-0.25, -0.2) is 10.9 Å². The molecule has 3 rings (SSSR count). The third kappa shape index (κ3) is 3.72. The maximum absolute atomic E-state index is 12.5. The lowest BCUT2D eigenvalue weighted by Crippen LogP contribution is -2.39. The van der Waals surface area contributed by atoms with E-state index in [-0.39, 0.29) is 18.0 Å². The number of carbonyl (C=O) groups excluding carboxylic acids is 1. The third-order valence-corrected chi connectivity index (χ3v) is 4.36. The Morgan fingerprint density at radius 3 is 2.78 bits per heavy atom. The first-order valence-electron chi connectivity index (χ1n) is 7.67. The van der Waals surface area contributed by atoms with Gasteiger partial charge in [-0.1, -0.05) is 35.9 Å². The molecule has 1 saturated heterocycles. The highest BCUT2D eigenvalue weighted by atomic mass is 35.5. The molecule has 2 unspecified atom stereocenters. The van der Waals surface area contributed by atoms with E-state index in [1.165, 1.54) is 0 Å². The number of amides is 1. The standard InChI is InChI=1S/C18H20ClN3O/c1-11-6-7-12(2)15(8-11)20-18(23)17-10-16(21-22-17)13-4-3-5-14(19)9-13/h3-9,16-17,21-22H,10H2,1-2H3,(H,20,23). The SMILES string of the molecule is Cc1ccc(C)c(NC(=O)C2CC(c3cccc(Cl)c3)NN2)c1. The van der Waals surface area contributed by atoms with Gasteiger partial charge >= 0.3 is 0 Å². The summed E-state index contributed by atoms with van der Waals surface area (Å²) < 4.78 is 0. The van der Waals surface area contributed by atoms with Gasteiger partial charge in [0.05, 0.1) is 0 Å². The number of hydrogen-bond donors (Lipinski definition) is 3. The monoisotopic (exact) mass is 329 g/mol. The average Bonchev–Trinajstić information content (AvgIpc) is 3.01. The Kier molecular flexibility index (Phi) is 4.66. The summed E-state index contributed by atoms with van der Waals surface area (Å²) >= 11 is 6.03. The molecular formula is C18H20ClN3O. The highest BCUT2D eigenvalue weighted by molar-refractivity contribution is 6.30. The summed E-state index contributed by atoms with van der Waals surface area (Å²) in [4.78, 5) is 12.5. The fourth-order valence-electron chi connectivity index (χ4n) is 2.76. The summed E-state index contributed by atoms with van der Waals surface area (Å²) in [6, 6.07) is 13.5. The number of benzene rings is 2. The van der Waals surface area contributed by atoms with Crippen LogP contribution in [0.1, 0.15) is 29.2 Å². The van der Waals surface area contributed by atoms with Crippen molar-refractivity contribution in [2.75, 3.05) is 5.32 Å². The lowest BCUT2D eigenvalue weighted by atomic mass is 10.0. The molecule has 1 heterocycles. The fraction of sp³-hybridized carbons (Fsp3) is 0.278. The molecule has 0 aromatic heterocycles. The summed E-state index contributed by atoms with van der Waals surface area (Å²) in [6.45, 7) is 4.00. The minimum absolute atomic E-state index is 0.0317. The molecule has 3 N–H and O–H groups in total. The molecule has 2 atom stereocenters. The van der Waals surface area contributed by atoms with Gasteiger partial charge in [-0.15, -0.1) is 0 Å². The zero-order chi connectivity index (χ0) is 16.4. The third-order valence-electron chi connectivity index (χ3n) is 4.12. The van der Waals surface area contributed by atoms with Crippen LogP contribution in [0.25, 0.3) is 0 Å². The van der Waals surface area contributed by atoms with Crippen LogP contribution in [-0.2, 0) is 4.79 Å². The summed E-state index contributed by atoms with van der Waals surface area (Å²) in [6.07, 6.45) is 0.678. The molecule has 1 amide bonds. The molecule has 5 heteroatoms. The van der Waals surface area contributed by atoms with Crippen LogP contribution in [0.2, 0.25) is 5.02 Å². The van der Waals surface area contributed by atoms with Crippen LogP contribution < -0.4 is 16.2 Å². The number of aryl methyl sites for hydroxylation is 2. The van der Waals surface area contributed by atoms with Crippen molar-refractivity contribution in [3.05, 3.63) is 64.2 Å². The van der Waals surface area contributed by atoms with Crippen molar-refractivity contribution in [1.82, 2.24) is 10.9 Å². The van der Waals surface area contributed by atoms with E-state index in [2.05, 4.69) is 16.2 Å². The van der Waals surface area contributed by atoms with Crippen molar-refractivity contribution in [3.63, 3.8) is 0 Å². The van der Waals surface area contributed by atoms with E-state index in [1.807, 2.05) is 56.3 Å². The minimum atomic E-state index is -0.279. The summed E-state index contributed by atoms with van der Waals surface area (Å²) in [5.74, 6) is -0.0317. The first-order chi connectivity index (χ1) is 11.0. The van der Waals surface area contributed by atoms with Crippen molar-refractivity contribution in [3.8, 4) is 0 Å². The maximum atomic E-state index is 12.5. The zero-order valence-corrected chi connectivity index (χ0v) is 13.9. The summed E-state index contributed by atoms with van der Waals surface area (Å²) in [7, 11) is 0. The Morgan fingerprint density at radius 2 is 2.00 bits per heavy atom. The van der Waals surface area contributed by atoms with E-state index in [1.54, 1.807) is 0 Å². The van der Waals surface area contributed by atoms with Gasteiger partial charge in [-0.3, -0.25) is 4.79 Å². The van der Waals surface area contributed by atoms with Gasteiger partial charge in [-0.05, 0) is 55.2 Å². The van der Waals surface area contributed by atoms with E-state index in [9.17, 15) is 4.79 Å². The highest BCUT2D eigenvalue weighted by Gasteiger charge is 2.30. The lowest BCUT2D eigenvalue weighted by Gasteiger charge is -2.13. The van der Waals surface area contributed by atoms with Gasteiger partial charge in [0.2, 0.25) is 5.91 Å². The quantitative estimate of drug-likeness (QED) is 0.807. The van der Waals surface area contributed by atoms with Crippen molar-refractivity contribution >= 4 is 23.2 Å². The molecule has 4 nitrogen and oxygen atoms in total. The Morgan fingerprint density at radius 1 is 1.17 bits per heavy atom. The second kappa shape index (κ2) is 6.71. The Hall–Kier alpha value is -1.88. The first-order valence-corrected chi connectivity index (χ1v) is 8.05. The van der Waals surface area contributed by atoms with E-state index in [4.69, 9.17) is 11.6 Å². The number of rotatable bonds is 3. The molecule has 1 aliphatic rings. The van der Waals surface area contributed by atoms with E-state index in [0.29, 0.717) is 11.4 Å². The molecule has 23 heavy (non-hydrogen) atoms. The molecule has 0 bridgehead atoms. The van der Waals surface area contributed by atoms with E-state index < -0.39 is 0 Å². The van der Waals surface area contributed by atoms with Crippen molar-refractivity contribution in [1.29, 1.82) is 0 Å². The predicted molar refractivity (Wildman–Crippen MR) is 93.4 cm³/mol. The number of hydrogen-bond acceptors (Lipinski definition) is 3. The van der Waals surface area contributed by atoms with Gasteiger partial charge in [-0.2, -0.15) is 0 Å². The van der Waals surface area contributed by atoms with Crippen LogP contribution >= 0.6 is 11.6 Å². The van der Waals surface area contributed by atoms with Gasteiger partial charge in [0.15, 0.2) is 0 Å². The highest BCUT2D eigenvalue weighted by Crippen LogP contribution is 2.25. The second-order valence-corrected chi connectivity index (χ2v) is 6.43. The van der Waals surface area contributed by atoms with Crippen LogP contribution in [0.3, 0.4) is 0 Å². The number of carbonyl (C=O) groups is 1. The Balaban J connectivity index is 1.67. The molecule has 120 valence electrons. The maximum Gasteiger partial charge on any atom is 0.242 e. The van der Waals surface area contributed by atoms with Crippen molar-refractivity contribution < 1.29 is 4.79 Å². The first kappa shape index (κ1) is 16.0. The predicted octanol–water partition coefficient (Wildman–Crippen LogP) is 3.50. The van der Waals surface area contributed by atoms with Crippen LogP contribution in [-0.4, -0.2) is 11.9 Å². The summed E-state index contributed by atoms with van der Waals surface area (Å²) in [5.41, 5.74) is 10.4. The molecule has 2 aromatic rings. The van der Waals surface area contributed by atoms with Crippen LogP contribution in [0.15, 0.2) is 42.5 Å². The Labute approximate surface area is 141 Å². The number of halogens is 1. The summed E-state index contributed by atoms with van der Waals surface area (Å²) in [5, 5.41) is 3.71. The van der Waals surface area contributed by atoms with Crippen molar-refractivity contribution in [2.45, 2.75) is 32.4 Å². The molecule has 0 aliphatic carbocycles. The molecular weight excluding hydrogens is 310 g/mol. The largest absolute Gasteiger partial charge is 0.324 e. The van der Waals surface area contributed by atoms with E-state index >= 15 is 0 Å². The lowest BCUT2D eigenvalue weighted by molar-refractivity contribution is -0.117. The van der Waals surface area contributed by atoms with Gasteiger partial charge in [0, 0.05) is 16.8 Å². The van der Waals surface area contributed by atoms with Gasteiger partial charge in [0.1, 0.15) is 6.04 Å². The number of nitrogens with one attached hydrogen (secondary N) is 3.